The molecule has 0 saturated carbocycles. The Labute approximate surface area is 524 Å². The number of quaternary nitrogens is 1. The second kappa shape index (κ2) is 63.4. The highest BCUT2D eigenvalue weighted by Gasteiger charge is 2.27. The van der Waals surface area contributed by atoms with E-state index in [-0.39, 0.29) is 31.3 Å². The third kappa shape index (κ3) is 64.7. The summed E-state index contributed by atoms with van der Waals surface area (Å²) in [7, 11) is 1.14. The zero-order valence-electron chi connectivity index (χ0n) is 55.8. The third-order valence-corrected chi connectivity index (χ3v) is 15.8. The van der Waals surface area contributed by atoms with Crippen molar-refractivity contribution in [3.8, 4) is 0 Å². The van der Waals surface area contributed by atoms with Crippen molar-refractivity contribution in [2.24, 2.45) is 0 Å². The normalized spacial score (nSPS) is 14.3. The lowest BCUT2D eigenvalue weighted by Crippen LogP contribution is -2.47. The molecule has 0 rings (SSSR count). The number of hydrogen-bond acceptors (Lipinski definition) is 7. The Hall–Kier alpha value is -3.59. The minimum Gasteiger partial charge on any atom is -0.756 e. The van der Waals surface area contributed by atoms with Crippen molar-refractivity contribution in [3.63, 3.8) is 0 Å². The van der Waals surface area contributed by atoms with E-state index in [0.29, 0.717) is 17.4 Å². The maximum atomic E-state index is 13.6. The molecule has 0 aliphatic carbocycles. The molecule has 10 heteroatoms. The Morgan fingerprint density at radius 2 is 0.753 bits per heavy atom. The van der Waals surface area contributed by atoms with Crippen molar-refractivity contribution in [3.05, 3.63) is 122 Å². The molecular formula is C75H131N2O7P. The number of carbonyl (C=O) groups excluding carboxylic acids is 2. The summed E-state index contributed by atoms with van der Waals surface area (Å²) in [5.74, 6) is -0.595. The molecule has 9 nitrogen and oxygen atoms in total. The molecule has 0 bridgehead atoms. The molecule has 0 heterocycles. The summed E-state index contributed by atoms with van der Waals surface area (Å²) in [6.45, 7) is 6.67. The van der Waals surface area contributed by atoms with Gasteiger partial charge in [0.1, 0.15) is 19.3 Å². The molecule has 0 aromatic carbocycles. The molecule has 0 saturated heterocycles. The van der Waals surface area contributed by atoms with Gasteiger partial charge < -0.3 is 28.5 Å². The number of phosphoric ester groups is 1. The van der Waals surface area contributed by atoms with E-state index in [1.54, 1.807) is 0 Å². The Balaban J connectivity index is 5.10. The highest BCUT2D eigenvalue weighted by molar-refractivity contribution is 7.45. The zero-order valence-corrected chi connectivity index (χ0v) is 56.7. The van der Waals surface area contributed by atoms with Crippen LogP contribution in [-0.4, -0.2) is 69.4 Å². The zero-order chi connectivity index (χ0) is 62.1. The number of rotatable bonds is 62. The fraction of sp³-hybridized carbons (Fsp3) is 0.707. The first-order chi connectivity index (χ1) is 41.4. The molecule has 1 N–H and O–H groups in total. The number of allylic oxidation sites excluding steroid dienone is 19. The minimum atomic E-state index is -4.72. The molecule has 0 aromatic rings. The number of likely N-dealkylation sites (N-methyl/N-ethyl adjacent to an activating group) is 1. The van der Waals surface area contributed by atoms with Gasteiger partial charge in [0.25, 0.3) is 7.82 Å². The summed E-state index contributed by atoms with van der Waals surface area (Å²) in [4.78, 5) is 40.1. The molecule has 85 heavy (non-hydrogen) atoms. The van der Waals surface area contributed by atoms with Crippen LogP contribution in [0.3, 0.4) is 0 Å². The lowest BCUT2D eigenvalue weighted by molar-refractivity contribution is -0.870. The number of nitrogens with one attached hydrogen (secondary N) is 1. The van der Waals surface area contributed by atoms with Crippen molar-refractivity contribution in [2.45, 2.75) is 303 Å². The maximum Gasteiger partial charge on any atom is 0.306 e. The number of nitrogens with zero attached hydrogens (tertiary/aromatic N) is 1. The van der Waals surface area contributed by atoms with Gasteiger partial charge in [-0.3, -0.25) is 14.2 Å². The summed E-state index contributed by atoms with van der Waals surface area (Å²) >= 11 is 0. The van der Waals surface area contributed by atoms with Gasteiger partial charge in [0.2, 0.25) is 5.91 Å². The van der Waals surface area contributed by atoms with Crippen LogP contribution in [-0.2, 0) is 27.9 Å². The summed E-state index contributed by atoms with van der Waals surface area (Å²) in [6.07, 6.45) is 89.0. The number of carbonyl (C=O) groups is 2. The number of hydrogen-bond donors (Lipinski definition) is 1. The molecule has 0 fully saturated rings. The maximum absolute atomic E-state index is 13.6. The number of phosphoric acid groups is 1. The lowest BCUT2D eigenvalue weighted by atomic mass is 10.0. The van der Waals surface area contributed by atoms with Gasteiger partial charge in [-0.2, -0.15) is 0 Å². The fourth-order valence-electron chi connectivity index (χ4n) is 9.53. The fourth-order valence-corrected chi connectivity index (χ4v) is 10.3. The molecular weight excluding hydrogens is 1070 g/mol. The molecule has 0 aromatic heterocycles. The van der Waals surface area contributed by atoms with Crippen LogP contribution in [0.15, 0.2) is 122 Å². The first-order valence-corrected chi connectivity index (χ1v) is 36.3. The van der Waals surface area contributed by atoms with Gasteiger partial charge in [-0.25, -0.2) is 0 Å². The van der Waals surface area contributed by atoms with E-state index in [9.17, 15) is 19.0 Å². The van der Waals surface area contributed by atoms with E-state index in [1.807, 2.05) is 33.3 Å². The van der Waals surface area contributed by atoms with Gasteiger partial charge in [0.05, 0.1) is 33.8 Å². The summed E-state index contributed by atoms with van der Waals surface area (Å²) < 4.78 is 30.4. The topological polar surface area (TPSA) is 114 Å². The van der Waals surface area contributed by atoms with Crippen molar-refractivity contribution in [1.29, 1.82) is 0 Å². The van der Waals surface area contributed by atoms with Crippen LogP contribution in [0.25, 0.3) is 0 Å². The largest absolute Gasteiger partial charge is 0.756 e. The first kappa shape index (κ1) is 81.4. The standard InChI is InChI=1S/C75H131N2O7P/c1-7-10-13-16-19-22-25-27-29-31-33-35-36-37-38-39-40-42-44-46-48-50-53-56-59-62-65-68-75(79)84-73(66-63-60-57-54-51-24-21-18-15-12-9-3)72(71-83-85(80,81)82-70-69-77(4,5)6)76-74(78)67-64-61-58-55-52-49-47-45-43-41-34-32-30-28-26-23-20-17-14-11-8-2/h11,14,19-20,22-23,27-30,33-35,41,45,47,52,55,63,66,72-73H,7-10,12-13,15-18,21,24-26,31-32,36-40,42-44,46,48-51,53-54,56-62,64-65,67-71H2,1-6H3,(H-,76,78,80,81)/b14-11-,22-19-,23-20-,29-27-,30-28-,35-33-,41-34-,47-45-,55-52-,66-63-. The van der Waals surface area contributed by atoms with Crippen molar-refractivity contribution >= 4 is 19.7 Å². The average Bonchev–Trinajstić information content (AvgIpc) is 3.57. The van der Waals surface area contributed by atoms with Crippen molar-refractivity contribution in [2.75, 3.05) is 40.9 Å². The van der Waals surface area contributed by atoms with E-state index in [2.05, 4.69) is 135 Å². The predicted octanol–water partition coefficient (Wildman–Crippen LogP) is 21.6. The number of esters is 1. The van der Waals surface area contributed by atoms with E-state index < -0.39 is 26.6 Å². The van der Waals surface area contributed by atoms with Gasteiger partial charge in [0, 0.05) is 12.8 Å². The highest BCUT2D eigenvalue weighted by atomic mass is 31.2. The number of amides is 1. The van der Waals surface area contributed by atoms with Crippen LogP contribution in [0, 0.1) is 0 Å². The lowest BCUT2D eigenvalue weighted by Gasteiger charge is -2.30. The second-order valence-electron chi connectivity index (χ2n) is 24.3. The second-order valence-corrected chi connectivity index (χ2v) is 25.7. The van der Waals surface area contributed by atoms with Crippen molar-refractivity contribution in [1.82, 2.24) is 5.32 Å². The van der Waals surface area contributed by atoms with Crippen LogP contribution < -0.4 is 10.2 Å². The van der Waals surface area contributed by atoms with Gasteiger partial charge in [-0.1, -0.05) is 277 Å². The van der Waals surface area contributed by atoms with Crippen molar-refractivity contribution < 1.29 is 37.3 Å². The Bertz CT molecular complexity index is 1870. The molecule has 0 aliphatic heterocycles. The van der Waals surface area contributed by atoms with Crippen LogP contribution in [0.4, 0.5) is 0 Å². The van der Waals surface area contributed by atoms with Crippen LogP contribution in [0.2, 0.25) is 0 Å². The summed E-state index contributed by atoms with van der Waals surface area (Å²) in [5, 5.41) is 3.01. The minimum absolute atomic E-state index is 0.0365. The Kier molecular flexibility index (Phi) is 60.8. The summed E-state index contributed by atoms with van der Waals surface area (Å²) in [6, 6.07) is -0.920. The molecule has 0 spiro atoms. The smallest absolute Gasteiger partial charge is 0.306 e. The molecule has 488 valence electrons. The van der Waals surface area contributed by atoms with Crippen LogP contribution >= 0.6 is 7.82 Å². The quantitative estimate of drug-likeness (QED) is 0.0212. The van der Waals surface area contributed by atoms with Gasteiger partial charge in [-0.05, 0) is 122 Å². The van der Waals surface area contributed by atoms with Gasteiger partial charge >= 0.3 is 5.97 Å². The first-order valence-electron chi connectivity index (χ1n) is 34.8. The summed E-state index contributed by atoms with van der Waals surface area (Å²) in [5.41, 5.74) is 0. The number of unbranched alkanes of at least 4 members (excludes halogenated alkanes) is 28. The van der Waals surface area contributed by atoms with Crippen LogP contribution in [0.5, 0.6) is 0 Å². The molecule has 0 radical (unpaired) electrons. The van der Waals surface area contributed by atoms with E-state index in [1.165, 1.54) is 148 Å². The van der Waals surface area contributed by atoms with E-state index in [4.69, 9.17) is 13.8 Å². The molecule has 1 amide bonds. The average molecular weight is 1200 g/mol. The molecule has 0 aliphatic rings. The van der Waals surface area contributed by atoms with E-state index >= 15 is 0 Å². The Morgan fingerprint density at radius 3 is 1.16 bits per heavy atom. The van der Waals surface area contributed by atoms with Crippen LogP contribution in [0.1, 0.15) is 290 Å². The van der Waals surface area contributed by atoms with E-state index in [0.717, 1.165) is 103 Å². The highest BCUT2D eigenvalue weighted by Crippen LogP contribution is 2.38. The molecule has 3 atom stereocenters. The third-order valence-electron chi connectivity index (χ3n) is 14.9. The number of ether oxygens (including phenoxy) is 1. The predicted molar refractivity (Wildman–Crippen MR) is 367 cm³/mol. The SMILES string of the molecule is CC/C=C\C/C=C\C/C=C\C/C=C\C/C=C\C/C=C\CCCCC(=O)NC(COP(=O)([O-])OCC[N+](C)(C)C)C(/C=C\CCCCCCCCCCC)OC(=O)CCCCCCCCCCCCCCCC/C=C\C/C=C\C/C=C\CCCCC. The Morgan fingerprint density at radius 1 is 0.424 bits per heavy atom. The molecule has 3 unspecified atom stereocenters. The monoisotopic (exact) mass is 1200 g/mol. The van der Waals surface area contributed by atoms with Gasteiger partial charge in [0.15, 0.2) is 0 Å². The van der Waals surface area contributed by atoms with Gasteiger partial charge in [-0.15, -0.1) is 0 Å².